The lowest BCUT2D eigenvalue weighted by molar-refractivity contribution is 0.508. The van der Waals surface area contributed by atoms with E-state index >= 15 is 0 Å². The minimum atomic E-state index is -0.796. The number of hydrogen-bond acceptors (Lipinski definition) is 2. The normalized spacial score (nSPS) is 15.5. The topological polar surface area (TPSA) is 67.5 Å². The van der Waals surface area contributed by atoms with Crippen LogP contribution in [-0.4, -0.2) is 34.3 Å². The highest BCUT2D eigenvalue weighted by Crippen LogP contribution is 1.96. The van der Waals surface area contributed by atoms with Crippen molar-refractivity contribution >= 4 is 16.8 Å². The highest BCUT2D eigenvalue weighted by Gasteiger charge is 2.09. The van der Waals surface area contributed by atoms with Crippen LogP contribution in [0, 0.1) is 0 Å². The molecule has 0 rings (SSSR count). The van der Waals surface area contributed by atoms with Gasteiger partial charge in [-0.15, -0.1) is 0 Å². The molecule has 0 heterocycles. The molecule has 1 unspecified atom stereocenters. The number of hydrogen-bond donors (Lipinski definition) is 2. The van der Waals surface area contributed by atoms with Crippen molar-refractivity contribution in [3.8, 4) is 0 Å². The van der Waals surface area contributed by atoms with Gasteiger partial charge in [-0.25, -0.2) is 0 Å². The Hall–Kier alpha value is -0.580. The molecule has 1 atom stereocenters. The minimum absolute atomic E-state index is 0.0705. The fourth-order valence-electron chi connectivity index (χ4n) is 0.718. The minimum Gasteiger partial charge on any atom is -0.370 e. The Morgan fingerprint density at radius 1 is 1.54 bits per heavy atom. The van der Waals surface area contributed by atoms with E-state index in [4.69, 9.17) is 5.73 Å². The lowest BCUT2D eigenvalue weighted by atomic mass is 10.1. The van der Waals surface area contributed by atoms with E-state index in [-0.39, 0.29) is 5.54 Å². The van der Waals surface area contributed by atoms with E-state index in [0.717, 1.165) is 0 Å². The standard InChI is InChI=1S/C8H19N3OS/c1-8(2,3)11-7(9)10-5-6-13(4)12/h5-6H2,1-4H3,(H3,9,10,11). The molecule has 5 heteroatoms. The van der Waals surface area contributed by atoms with E-state index in [1.165, 1.54) is 0 Å². The summed E-state index contributed by atoms with van der Waals surface area (Å²) in [6.07, 6.45) is 1.66. The molecule has 0 bridgehead atoms. The van der Waals surface area contributed by atoms with Gasteiger partial charge >= 0.3 is 0 Å². The maximum atomic E-state index is 10.7. The van der Waals surface area contributed by atoms with Crippen LogP contribution in [0.2, 0.25) is 0 Å². The Morgan fingerprint density at radius 3 is 2.46 bits per heavy atom. The molecule has 3 N–H and O–H groups in total. The van der Waals surface area contributed by atoms with Gasteiger partial charge in [0.25, 0.3) is 0 Å². The van der Waals surface area contributed by atoms with Gasteiger partial charge in [-0.2, -0.15) is 0 Å². The first-order valence-electron chi connectivity index (χ1n) is 4.19. The highest BCUT2D eigenvalue weighted by atomic mass is 32.2. The van der Waals surface area contributed by atoms with Crippen molar-refractivity contribution < 1.29 is 4.21 Å². The molecule has 78 valence electrons. The van der Waals surface area contributed by atoms with Crippen molar-refractivity contribution in [1.29, 1.82) is 0 Å². The summed E-state index contributed by atoms with van der Waals surface area (Å²) >= 11 is 0. The molecule has 0 aliphatic rings. The van der Waals surface area contributed by atoms with Gasteiger partial charge in [-0.3, -0.25) is 9.20 Å². The maximum absolute atomic E-state index is 10.7. The van der Waals surface area contributed by atoms with Gasteiger partial charge in [0, 0.05) is 28.3 Å². The van der Waals surface area contributed by atoms with Crippen molar-refractivity contribution in [1.82, 2.24) is 5.32 Å². The number of aliphatic imine (C=N–C) groups is 1. The number of nitrogens with two attached hydrogens (primary N) is 1. The second kappa shape index (κ2) is 5.21. The number of rotatable bonds is 3. The first-order valence-corrected chi connectivity index (χ1v) is 5.92. The summed E-state index contributed by atoms with van der Waals surface area (Å²) in [5.41, 5.74) is 5.52. The van der Waals surface area contributed by atoms with Gasteiger partial charge in [-0.1, -0.05) is 0 Å². The molecule has 0 fully saturated rings. The predicted molar refractivity (Wildman–Crippen MR) is 58.3 cm³/mol. The third-order valence-corrected chi connectivity index (χ3v) is 1.92. The van der Waals surface area contributed by atoms with Crippen LogP contribution >= 0.6 is 0 Å². The molecule has 0 saturated carbocycles. The average molecular weight is 205 g/mol. The third-order valence-electron chi connectivity index (χ3n) is 1.16. The van der Waals surface area contributed by atoms with Crippen LogP contribution < -0.4 is 11.1 Å². The maximum Gasteiger partial charge on any atom is 0.189 e. The highest BCUT2D eigenvalue weighted by molar-refractivity contribution is 7.84. The molecule has 13 heavy (non-hydrogen) atoms. The quantitative estimate of drug-likeness (QED) is 0.506. The lowest BCUT2D eigenvalue weighted by Gasteiger charge is -2.20. The monoisotopic (exact) mass is 205 g/mol. The number of nitrogens with zero attached hydrogens (tertiary/aromatic N) is 1. The summed E-state index contributed by atoms with van der Waals surface area (Å²) in [5, 5.41) is 3.02. The van der Waals surface area contributed by atoms with Crippen molar-refractivity contribution in [3.63, 3.8) is 0 Å². The van der Waals surface area contributed by atoms with E-state index in [9.17, 15) is 4.21 Å². The first-order chi connectivity index (χ1) is 5.81. The van der Waals surface area contributed by atoms with Gasteiger partial charge in [0.05, 0.1) is 6.54 Å². The van der Waals surface area contributed by atoms with Crippen LogP contribution in [0.5, 0.6) is 0 Å². The Kier molecular flexibility index (Phi) is 4.98. The van der Waals surface area contributed by atoms with Crippen molar-refractivity contribution in [3.05, 3.63) is 0 Å². The van der Waals surface area contributed by atoms with Crippen molar-refractivity contribution in [2.24, 2.45) is 10.7 Å². The molecule has 0 saturated heterocycles. The molecule has 0 aliphatic carbocycles. The summed E-state index contributed by atoms with van der Waals surface area (Å²) in [4.78, 5) is 4.04. The first kappa shape index (κ1) is 12.4. The average Bonchev–Trinajstić information content (AvgIpc) is 1.81. The zero-order chi connectivity index (χ0) is 10.5. The Morgan fingerprint density at radius 2 is 2.08 bits per heavy atom. The van der Waals surface area contributed by atoms with Gasteiger partial charge in [-0.05, 0) is 20.8 Å². The molecule has 0 aromatic rings. The third kappa shape index (κ3) is 9.33. The summed E-state index contributed by atoms with van der Waals surface area (Å²) < 4.78 is 10.7. The van der Waals surface area contributed by atoms with Gasteiger partial charge in [0.15, 0.2) is 5.96 Å². The molecular weight excluding hydrogens is 186 g/mol. The van der Waals surface area contributed by atoms with E-state index in [1.54, 1.807) is 6.26 Å². The molecule has 0 aliphatic heterocycles. The zero-order valence-electron chi connectivity index (χ0n) is 8.76. The smallest absolute Gasteiger partial charge is 0.189 e. The van der Waals surface area contributed by atoms with Crippen molar-refractivity contribution in [2.45, 2.75) is 26.3 Å². The van der Waals surface area contributed by atoms with Gasteiger partial charge < -0.3 is 11.1 Å². The largest absolute Gasteiger partial charge is 0.370 e. The van der Waals surface area contributed by atoms with E-state index < -0.39 is 10.8 Å². The molecule has 0 aromatic carbocycles. The summed E-state index contributed by atoms with van der Waals surface area (Å²) in [6.45, 7) is 6.53. The molecule has 0 amide bonds. The number of nitrogens with one attached hydrogen (secondary N) is 1. The SMILES string of the molecule is CS(=O)CCN=C(N)NC(C)(C)C. The van der Waals surface area contributed by atoms with Gasteiger partial charge in [0.1, 0.15) is 0 Å². The Labute approximate surface area is 82.5 Å². The Balaban J connectivity index is 3.83. The fourth-order valence-corrected chi connectivity index (χ4v) is 1.07. The fraction of sp³-hybridized carbons (Fsp3) is 0.875. The van der Waals surface area contributed by atoms with Crippen LogP contribution in [0.15, 0.2) is 4.99 Å². The van der Waals surface area contributed by atoms with Crippen molar-refractivity contribution in [2.75, 3.05) is 18.6 Å². The van der Waals surface area contributed by atoms with E-state index in [0.29, 0.717) is 18.3 Å². The second-order valence-corrected chi connectivity index (χ2v) is 5.47. The lowest BCUT2D eigenvalue weighted by Crippen LogP contribution is -2.45. The van der Waals surface area contributed by atoms with Crippen LogP contribution in [0.3, 0.4) is 0 Å². The molecule has 4 nitrogen and oxygen atoms in total. The number of guanidine groups is 1. The van der Waals surface area contributed by atoms with Crippen LogP contribution in [0.25, 0.3) is 0 Å². The molecule has 0 radical (unpaired) electrons. The summed E-state index contributed by atoms with van der Waals surface area (Å²) in [6, 6.07) is 0. The Bertz CT molecular complexity index is 208. The molecule has 0 spiro atoms. The summed E-state index contributed by atoms with van der Waals surface area (Å²) in [7, 11) is -0.796. The van der Waals surface area contributed by atoms with E-state index in [2.05, 4.69) is 10.3 Å². The van der Waals surface area contributed by atoms with Gasteiger partial charge in [0.2, 0.25) is 0 Å². The molecular formula is C8H19N3OS. The zero-order valence-corrected chi connectivity index (χ0v) is 9.57. The summed E-state index contributed by atoms with van der Waals surface area (Å²) in [5.74, 6) is 0.977. The second-order valence-electron chi connectivity index (χ2n) is 3.92. The predicted octanol–water partition coefficient (Wildman–Crippen LogP) is 0.0677. The van der Waals surface area contributed by atoms with Crippen LogP contribution in [-0.2, 0) is 10.8 Å². The van der Waals surface area contributed by atoms with Crippen LogP contribution in [0.1, 0.15) is 20.8 Å². The molecule has 0 aromatic heterocycles. The van der Waals surface area contributed by atoms with Crippen LogP contribution in [0.4, 0.5) is 0 Å². The van der Waals surface area contributed by atoms with E-state index in [1.807, 2.05) is 20.8 Å².